The fraction of sp³-hybridized carbons (Fsp3) is 0.333. The summed E-state index contributed by atoms with van der Waals surface area (Å²) in [7, 11) is 0. The standard InChI is InChI=1S/C21H25BrN2O4/c1-16(28-19-10-5-9-18(22)15-19)21(26)24-23-20(25)11-6-13-27-14-12-17-7-3-2-4-8-17/h2-5,7-10,15-16H,6,11-14H2,1H3,(H,23,25)(H,24,26). The van der Waals surface area contributed by atoms with Crippen LogP contribution in [0.15, 0.2) is 59.1 Å². The van der Waals surface area contributed by atoms with Crippen LogP contribution in [0.5, 0.6) is 5.75 Å². The van der Waals surface area contributed by atoms with Gasteiger partial charge in [0.25, 0.3) is 5.91 Å². The van der Waals surface area contributed by atoms with E-state index in [1.54, 1.807) is 19.1 Å². The Morgan fingerprint density at radius 3 is 2.57 bits per heavy atom. The first-order chi connectivity index (χ1) is 13.5. The summed E-state index contributed by atoms with van der Waals surface area (Å²) in [4.78, 5) is 23.8. The number of rotatable bonds is 10. The summed E-state index contributed by atoms with van der Waals surface area (Å²) < 4.78 is 11.9. The number of hydrogen-bond acceptors (Lipinski definition) is 4. The van der Waals surface area contributed by atoms with Crippen molar-refractivity contribution in [2.75, 3.05) is 13.2 Å². The molecule has 2 rings (SSSR count). The van der Waals surface area contributed by atoms with Gasteiger partial charge < -0.3 is 9.47 Å². The molecule has 0 heterocycles. The normalized spacial score (nSPS) is 11.5. The molecule has 2 amide bonds. The van der Waals surface area contributed by atoms with E-state index in [9.17, 15) is 9.59 Å². The molecule has 150 valence electrons. The van der Waals surface area contributed by atoms with Crippen LogP contribution in [-0.4, -0.2) is 31.1 Å². The molecule has 2 aromatic rings. The molecule has 28 heavy (non-hydrogen) atoms. The Hall–Kier alpha value is -2.38. The molecular formula is C21H25BrN2O4. The van der Waals surface area contributed by atoms with E-state index in [1.165, 1.54) is 5.56 Å². The number of hydrogen-bond donors (Lipinski definition) is 2. The van der Waals surface area contributed by atoms with Crippen LogP contribution in [0, 0.1) is 0 Å². The molecule has 1 atom stereocenters. The summed E-state index contributed by atoms with van der Waals surface area (Å²) in [6, 6.07) is 17.3. The Morgan fingerprint density at radius 2 is 1.82 bits per heavy atom. The molecule has 2 N–H and O–H groups in total. The molecule has 0 aliphatic rings. The number of nitrogens with one attached hydrogen (secondary N) is 2. The van der Waals surface area contributed by atoms with Gasteiger partial charge in [-0.05, 0) is 43.5 Å². The minimum absolute atomic E-state index is 0.269. The van der Waals surface area contributed by atoms with E-state index in [1.807, 2.05) is 30.3 Å². The van der Waals surface area contributed by atoms with E-state index in [4.69, 9.17) is 9.47 Å². The summed E-state index contributed by atoms with van der Waals surface area (Å²) in [5, 5.41) is 0. The average molecular weight is 449 g/mol. The molecule has 7 heteroatoms. The summed E-state index contributed by atoms with van der Waals surface area (Å²) in [5.74, 6) is -0.127. The monoisotopic (exact) mass is 448 g/mol. The number of carbonyl (C=O) groups is 2. The van der Waals surface area contributed by atoms with Gasteiger partial charge in [0.15, 0.2) is 6.10 Å². The van der Waals surface area contributed by atoms with Crippen molar-refractivity contribution in [3.8, 4) is 5.75 Å². The summed E-state index contributed by atoms with van der Waals surface area (Å²) >= 11 is 3.34. The fourth-order valence-corrected chi connectivity index (χ4v) is 2.74. The van der Waals surface area contributed by atoms with Gasteiger partial charge in [0, 0.05) is 17.5 Å². The number of carbonyl (C=O) groups excluding carboxylic acids is 2. The van der Waals surface area contributed by atoms with Crippen LogP contribution in [0.25, 0.3) is 0 Å². The van der Waals surface area contributed by atoms with Crippen LogP contribution in [0.4, 0.5) is 0 Å². The van der Waals surface area contributed by atoms with Gasteiger partial charge in [0.1, 0.15) is 5.75 Å². The predicted molar refractivity (Wildman–Crippen MR) is 111 cm³/mol. The van der Waals surface area contributed by atoms with Crippen LogP contribution in [-0.2, 0) is 20.7 Å². The zero-order chi connectivity index (χ0) is 20.2. The van der Waals surface area contributed by atoms with E-state index in [0.29, 0.717) is 25.4 Å². The third-order valence-corrected chi connectivity index (χ3v) is 4.37. The number of hydrazine groups is 1. The van der Waals surface area contributed by atoms with Crippen molar-refractivity contribution in [2.24, 2.45) is 0 Å². The van der Waals surface area contributed by atoms with Crippen molar-refractivity contribution >= 4 is 27.7 Å². The fourth-order valence-electron chi connectivity index (χ4n) is 2.36. The summed E-state index contributed by atoms with van der Waals surface area (Å²) in [6.07, 6.45) is 0.961. The highest BCUT2D eigenvalue weighted by Gasteiger charge is 2.15. The summed E-state index contributed by atoms with van der Waals surface area (Å²) in [5.41, 5.74) is 5.99. The molecule has 0 radical (unpaired) electrons. The third-order valence-electron chi connectivity index (χ3n) is 3.87. The topological polar surface area (TPSA) is 76.7 Å². The second-order valence-corrected chi connectivity index (χ2v) is 7.12. The molecule has 2 aromatic carbocycles. The first-order valence-corrected chi connectivity index (χ1v) is 9.96. The van der Waals surface area contributed by atoms with Gasteiger partial charge in [-0.2, -0.15) is 0 Å². The zero-order valence-corrected chi connectivity index (χ0v) is 17.4. The third kappa shape index (κ3) is 8.54. The van der Waals surface area contributed by atoms with E-state index >= 15 is 0 Å². The quantitative estimate of drug-likeness (QED) is 0.431. The Kier molecular flexibility index (Phi) is 9.51. The van der Waals surface area contributed by atoms with Crippen molar-refractivity contribution in [1.82, 2.24) is 10.9 Å². The molecule has 0 bridgehead atoms. The Bertz CT molecular complexity index is 755. The molecule has 0 saturated carbocycles. The maximum atomic E-state index is 12.0. The van der Waals surface area contributed by atoms with E-state index < -0.39 is 12.0 Å². The smallest absolute Gasteiger partial charge is 0.279 e. The second-order valence-electron chi connectivity index (χ2n) is 6.21. The maximum Gasteiger partial charge on any atom is 0.279 e. The highest BCUT2D eigenvalue weighted by Crippen LogP contribution is 2.18. The molecule has 1 unspecified atom stereocenters. The Labute approximate surface area is 173 Å². The van der Waals surface area contributed by atoms with Crippen LogP contribution >= 0.6 is 15.9 Å². The van der Waals surface area contributed by atoms with Crippen molar-refractivity contribution in [1.29, 1.82) is 0 Å². The lowest BCUT2D eigenvalue weighted by atomic mass is 10.2. The molecule has 6 nitrogen and oxygen atoms in total. The Balaban J connectivity index is 1.54. The molecule has 0 saturated heterocycles. The largest absolute Gasteiger partial charge is 0.481 e. The van der Waals surface area contributed by atoms with Crippen LogP contribution in [0.2, 0.25) is 0 Å². The van der Waals surface area contributed by atoms with Gasteiger partial charge in [-0.25, -0.2) is 0 Å². The van der Waals surface area contributed by atoms with Crippen LogP contribution < -0.4 is 15.6 Å². The molecule has 0 spiro atoms. The second kappa shape index (κ2) is 12.2. The van der Waals surface area contributed by atoms with Crippen molar-refractivity contribution in [3.63, 3.8) is 0 Å². The first kappa shape index (κ1) is 21.9. The van der Waals surface area contributed by atoms with Gasteiger partial charge >= 0.3 is 0 Å². The van der Waals surface area contributed by atoms with Crippen LogP contribution in [0.3, 0.4) is 0 Å². The van der Waals surface area contributed by atoms with Crippen molar-refractivity contribution in [2.45, 2.75) is 32.3 Å². The van der Waals surface area contributed by atoms with Gasteiger partial charge in [0.05, 0.1) is 6.61 Å². The van der Waals surface area contributed by atoms with E-state index in [0.717, 1.165) is 10.9 Å². The lowest BCUT2D eigenvalue weighted by Gasteiger charge is -2.15. The van der Waals surface area contributed by atoms with Gasteiger partial charge in [0.2, 0.25) is 5.91 Å². The maximum absolute atomic E-state index is 12.0. The van der Waals surface area contributed by atoms with Gasteiger partial charge in [-0.3, -0.25) is 20.4 Å². The lowest BCUT2D eigenvalue weighted by Crippen LogP contribution is -2.47. The molecule has 0 aliphatic heterocycles. The van der Waals surface area contributed by atoms with Gasteiger partial charge in [-0.1, -0.05) is 52.3 Å². The van der Waals surface area contributed by atoms with Crippen LogP contribution in [0.1, 0.15) is 25.3 Å². The highest BCUT2D eigenvalue weighted by molar-refractivity contribution is 9.10. The average Bonchev–Trinajstić information content (AvgIpc) is 2.69. The minimum Gasteiger partial charge on any atom is -0.481 e. The van der Waals surface area contributed by atoms with Gasteiger partial charge in [-0.15, -0.1) is 0 Å². The summed E-state index contributed by atoms with van der Waals surface area (Å²) in [6.45, 7) is 2.73. The van der Waals surface area contributed by atoms with E-state index in [2.05, 4.69) is 38.9 Å². The number of ether oxygens (including phenoxy) is 2. The van der Waals surface area contributed by atoms with Crippen molar-refractivity contribution in [3.05, 3.63) is 64.6 Å². The number of benzene rings is 2. The Morgan fingerprint density at radius 1 is 1.04 bits per heavy atom. The zero-order valence-electron chi connectivity index (χ0n) is 15.8. The number of halogens is 1. The molecule has 0 aromatic heterocycles. The van der Waals surface area contributed by atoms with Crippen molar-refractivity contribution < 1.29 is 19.1 Å². The lowest BCUT2D eigenvalue weighted by molar-refractivity contribution is -0.132. The first-order valence-electron chi connectivity index (χ1n) is 9.17. The minimum atomic E-state index is -0.740. The SMILES string of the molecule is CC(Oc1cccc(Br)c1)C(=O)NNC(=O)CCCOCCc1ccccc1. The highest BCUT2D eigenvalue weighted by atomic mass is 79.9. The predicted octanol–water partition coefficient (Wildman–Crippen LogP) is 3.40. The molecule has 0 aliphatic carbocycles. The molecular weight excluding hydrogens is 424 g/mol. The molecule has 0 fully saturated rings. The van der Waals surface area contributed by atoms with E-state index in [-0.39, 0.29) is 12.3 Å². The number of amides is 2.